The topological polar surface area (TPSA) is 29.5 Å². The summed E-state index contributed by atoms with van der Waals surface area (Å²) in [5.41, 5.74) is -0.383. The minimum absolute atomic E-state index is 0.145. The molecule has 3 heteroatoms. The summed E-state index contributed by atoms with van der Waals surface area (Å²) < 4.78 is 5.40. The summed E-state index contributed by atoms with van der Waals surface area (Å²) in [4.78, 5) is 13.8. The van der Waals surface area contributed by atoms with Crippen LogP contribution in [0, 0.1) is 11.8 Å². The van der Waals surface area contributed by atoms with E-state index in [0.717, 1.165) is 25.4 Å². The number of rotatable bonds is 4. The van der Waals surface area contributed by atoms with Crippen molar-refractivity contribution < 1.29 is 9.53 Å². The maximum Gasteiger partial charge on any atom is 0.410 e. The average Bonchev–Trinajstić information content (AvgIpc) is 2.72. The lowest BCUT2D eigenvalue weighted by Crippen LogP contribution is -2.35. The monoisotopic (exact) mass is 255 g/mol. The molecule has 0 aliphatic carbocycles. The number of ether oxygens (including phenoxy) is 1. The molecule has 0 aromatic rings. The molecule has 1 fully saturated rings. The smallest absolute Gasteiger partial charge is 0.410 e. The summed E-state index contributed by atoms with van der Waals surface area (Å²) >= 11 is 0. The van der Waals surface area contributed by atoms with Crippen LogP contribution in [-0.2, 0) is 4.74 Å². The second-order valence-corrected chi connectivity index (χ2v) is 6.67. The minimum atomic E-state index is -0.383. The molecule has 0 bridgehead atoms. The van der Waals surface area contributed by atoms with Crippen LogP contribution in [0.5, 0.6) is 0 Å². The zero-order valence-corrected chi connectivity index (χ0v) is 12.7. The van der Waals surface area contributed by atoms with Crippen molar-refractivity contribution in [2.24, 2.45) is 11.8 Å². The van der Waals surface area contributed by atoms with Crippen LogP contribution in [0.2, 0.25) is 0 Å². The summed E-state index contributed by atoms with van der Waals surface area (Å²) in [6.45, 7) is 12.0. The Morgan fingerprint density at radius 2 is 2.11 bits per heavy atom. The molecule has 1 amide bonds. The number of hydrogen-bond donors (Lipinski definition) is 0. The predicted molar refractivity (Wildman–Crippen MR) is 74.6 cm³/mol. The highest BCUT2D eigenvalue weighted by molar-refractivity contribution is 5.68. The van der Waals surface area contributed by atoms with E-state index in [1.165, 1.54) is 19.3 Å². The Bertz CT molecular complexity index is 270. The normalized spacial score (nSPS) is 22.1. The Hall–Kier alpha value is -0.730. The molecule has 0 radical (unpaired) electrons. The third kappa shape index (κ3) is 5.28. The van der Waals surface area contributed by atoms with Gasteiger partial charge in [0.15, 0.2) is 0 Å². The second-order valence-electron chi connectivity index (χ2n) is 6.67. The Kier molecular flexibility index (Phi) is 5.48. The van der Waals surface area contributed by atoms with Gasteiger partial charge in [0.25, 0.3) is 0 Å². The van der Waals surface area contributed by atoms with Crippen LogP contribution in [0.25, 0.3) is 0 Å². The van der Waals surface area contributed by atoms with Crippen molar-refractivity contribution in [3.8, 4) is 0 Å². The van der Waals surface area contributed by atoms with Crippen LogP contribution in [0.1, 0.15) is 60.3 Å². The van der Waals surface area contributed by atoms with Crippen LogP contribution in [-0.4, -0.2) is 29.7 Å². The van der Waals surface area contributed by atoms with Crippen LogP contribution in [0.15, 0.2) is 0 Å². The molecule has 1 heterocycles. The summed E-state index contributed by atoms with van der Waals surface area (Å²) in [5, 5.41) is 0. The van der Waals surface area contributed by atoms with Gasteiger partial charge in [0.2, 0.25) is 0 Å². The first-order chi connectivity index (χ1) is 8.31. The maximum atomic E-state index is 11.9. The molecule has 18 heavy (non-hydrogen) atoms. The Balaban J connectivity index is 2.30. The van der Waals surface area contributed by atoms with Gasteiger partial charge in [0, 0.05) is 13.1 Å². The quantitative estimate of drug-likeness (QED) is 0.758. The lowest BCUT2D eigenvalue weighted by atomic mass is 9.95. The van der Waals surface area contributed by atoms with Crippen molar-refractivity contribution in [1.29, 1.82) is 0 Å². The lowest BCUT2D eigenvalue weighted by molar-refractivity contribution is 0.0287. The molecule has 0 N–H and O–H groups in total. The van der Waals surface area contributed by atoms with Gasteiger partial charge in [0.05, 0.1) is 0 Å². The third-order valence-corrected chi connectivity index (χ3v) is 3.70. The number of nitrogens with zero attached hydrogens (tertiary/aromatic N) is 1. The molecule has 2 atom stereocenters. The molecule has 1 saturated heterocycles. The van der Waals surface area contributed by atoms with Gasteiger partial charge in [-0.2, -0.15) is 0 Å². The molecule has 106 valence electrons. The zero-order chi connectivity index (χ0) is 13.8. The van der Waals surface area contributed by atoms with Crippen molar-refractivity contribution in [3.05, 3.63) is 0 Å². The van der Waals surface area contributed by atoms with Crippen LogP contribution >= 0.6 is 0 Å². The first kappa shape index (κ1) is 15.3. The number of carbonyl (C=O) groups excluding carboxylic acids is 1. The molecule has 0 aromatic heterocycles. The summed E-state index contributed by atoms with van der Waals surface area (Å²) in [5.74, 6) is 1.48. The first-order valence-electron chi connectivity index (χ1n) is 7.29. The van der Waals surface area contributed by atoms with Crippen molar-refractivity contribution in [1.82, 2.24) is 4.90 Å². The zero-order valence-electron chi connectivity index (χ0n) is 12.7. The van der Waals surface area contributed by atoms with E-state index in [9.17, 15) is 4.79 Å². The van der Waals surface area contributed by atoms with E-state index >= 15 is 0 Å². The molecule has 2 unspecified atom stereocenters. The van der Waals surface area contributed by atoms with Crippen LogP contribution < -0.4 is 0 Å². The molecule has 0 saturated carbocycles. The SMILES string of the molecule is CCC(C)CCC1CCN(C(=O)OC(C)(C)C)C1. The Morgan fingerprint density at radius 3 is 2.67 bits per heavy atom. The van der Waals surface area contributed by atoms with Gasteiger partial charge < -0.3 is 9.64 Å². The highest BCUT2D eigenvalue weighted by atomic mass is 16.6. The summed E-state index contributed by atoms with van der Waals surface area (Å²) in [7, 11) is 0. The van der Waals surface area contributed by atoms with E-state index < -0.39 is 0 Å². The largest absolute Gasteiger partial charge is 0.444 e. The molecular weight excluding hydrogens is 226 g/mol. The molecule has 1 aliphatic heterocycles. The Morgan fingerprint density at radius 1 is 1.44 bits per heavy atom. The number of carbonyl (C=O) groups is 1. The third-order valence-electron chi connectivity index (χ3n) is 3.70. The number of likely N-dealkylation sites (tertiary alicyclic amines) is 1. The lowest BCUT2D eigenvalue weighted by Gasteiger charge is -2.24. The van der Waals surface area contributed by atoms with Gasteiger partial charge in [-0.3, -0.25) is 0 Å². The molecule has 1 rings (SSSR count). The van der Waals surface area contributed by atoms with E-state index in [1.54, 1.807) is 0 Å². The van der Waals surface area contributed by atoms with Gasteiger partial charge in [-0.15, -0.1) is 0 Å². The van der Waals surface area contributed by atoms with E-state index in [0.29, 0.717) is 5.92 Å². The van der Waals surface area contributed by atoms with E-state index in [4.69, 9.17) is 4.74 Å². The molecular formula is C15H29NO2. The van der Waals surface area contributed by atoms with Crippen molar-refractivity contribution >= 4 is 6.09 Å². The minimum Gasteiger partial charge on any atom is -0.444 e. The fourth-order valence-corrected chi connectivity index (χ4v) is 2.28. The molecule has 0 aromatic carbocycles. The molecule has 1 aliphatic rings. The fourth-order valence-electron chi connectivity index (χ4n) is 2.28. The first-order valence-corrected chi connectivity index (χ1v) is 7.29. The number of hydrogen-bond acceptors (Lipinski definition) is 2. The van der Waals surface area contributed by atoms with Crippen molar-refractivity contribution in [3.63, 3.8) is 0 Å². The fraction of sp³-hybridized carbons (Fsp3) is 0.933. The van der Waals surface area contributed by atoms with Crippen molar-refractivity contribution in [2.45, 2.75) is 65.9 Å². The van der Waals surface area contributed by atoms with Gasteiger partial charge in [-0.05, 0) is 45.4 Å². The average molecular weight is 255 g/mol. The van der Waals surface area contributed by atoms with Gasteiger partial charge >= 0.3 is 6.09 Å². The van der Waals surface area contributed by atoms with Crippen LogP contribution in [0.3, 0.4) is 0 Å². The number of amides is 1. The maximum absolute atomic E-state index is 11.9. The summed E-state index contributed by atoms with van der Waals surface area (Å²) in [6, 6.07) is 0. The molecule has 0 spiro atoms. The highest BCUT2D eigenvalue weighted by Gasteiger charge is 2.29. The van der Waals surface area contributed by atoms with Gasteiger partial charge in [-0.25, -0.2) is 4.79 Å². The van der Waals surface area contributed by atoms with E-state index in [2.05, 4.69) is 13.8 Å². The molecule has 3 nitrogen and oxygen atoms in total. The van der Waals surface area contributed by atoms with Crippen LogP contribution in [0.4, 0.5) is 4.79 Å². The summed E-state index contributed by atoms with van der Waals surface area (Å²) in [6.07, 6.45) is 4.77. The van der Waals surface area contributed by atoms with Gasteiger partial charge in [-0.1, -0.05) is 26.7 Å². The van der Waals surface area contributed by atoms with E-state index in [1.807, 2.05) is 25.7 Å². The highest BCUT2D eigenvalue weighted by Crippen LogP contribution is 2.25. The standard InChI is InChI=1S/C15H29NO2/c1-6-12(2)7-8-13-9-10-16(11-13)14(17)18-15(3,4)5/h12-13H,6-11H2,1-5H3. The van der Waals surface area contributed by atoms with Crippen molar-refractivity contribution in [2.75, 3.05) is 13.1 Å². The van der Waals surface area contributed by atoms with Gasteiger partial charge in [0.1, 0.15) is 5.60 Å². The predicted octanol–water partition coefficient (Wildman–Crippen LogP) is 4.07. The Labute approximate surface area is 112 Å². The second kappa shape index (κ2) is 6.44. The van der Waals surface area contributed by atoms with E-state index in [-0.39, 0.29) is 11.7 Å².